The maximum atomic E-state index is 12.3. The minimum absolute atomic E-state index is 0.0466. The average Bonchev–Trinajstić information content (AvgIpc) is 2.84. The van der Waals surface area contributed by atoms with Crippen molar-refractivity contribution in [1.82, 2.24) is 4.40 Å². The van der Waals surface area contributed by atoms with Crippen LogP contribution in [0, 0.1) is 0 Å². The number of fused-ring (bicyclic) bond motifs is 5. The molecule has 4 rings (SSSR count). The lowest BCUT2D eigenvalue weighted by Crippen LogP contribution is -2.06. The fraction of sp³-hybridized carbons (Fsp3) is 0. The summed E-state index contributed by atoms with van der Waals surface area (Å²) in [7, 11) is 0. The van der Waals surface area contributed by atoms with E-state index in [-0.39, 0.29) is 5.43 Å². The van der Waals surface area contributed by atoms with Crippen LogP contribution in [-0.4, -0.2) is 4.40 Å². The van der Waals surface area contributed by atoms with Crippen molar-refractivity contribution in [3.8, 4) is 0 Å². The molecule has 0 aliphatic heterocycles. The van der Waals surface area contributed by atoms with Gasteiger partial charge in [-0.15, -0.1) is 0 Å². The predicted octanol–water partition coefficient (Wildman–Crippen LogP) is 3.96. The molecule has 0 unspecified atom stereocenters. The highest BCUT2D eigenvalue weighted by Gasteiger charge is 2.15. The van der Waals surface area contributed by atoms with Gasteiger partial charge in [0, 0.05) is 5.39 Å². The molecule has 0 saturated heterocycles. The van der Waals surface area contributed by atoms with E-state index in [1.54, 1.807) is 0 Å². The van der Waals surface area contributed by atoms with Crippen molar-refractivity contribution in [2.45, 2.75) is 0 Å². The molecule has 0 radical (unpaired) electrons. The van der Waals surface area contributed by atoms with Crippen molar-refractivity contribution in [3.05, 3.63) is 63.2 Å². The maximum Gasteiger partial charge on any atom is 0.223 e. The van der Waals surface area contributed by atoms with Crippen LogP contribution in [0.25, 0.3) is 27.7 Å². The van der Waals surface area contributed by atoms with Crippen LogP contribution in [0.2, 0.25) is 0 Å². The van der Waals surface area contributed by atoms with Crippen LogP contribution in [0.3, 0.4) is 0 Å². The Morgan fingerprint density at radius 3 is 2.47 bits per heavy atom. The van der Waals surface area contributed by atoms with Crippen LogP contribution in [0.1, 0.15) is 0 Å². The summed E-state index contributed by atoms with van der Waals surface area (Å²) >= 11 is 3.35. The van der Waals surface area contributed by atoms with Gasteiger partial charge in [0.2, 0.25) is 11.1 Å². The Labute approximate surface area is 116 Å². The molecule has 0 saturated carbocycles. The fourth-order valence-corrected chi connectivity index (χ4v) is 2.92. The predicted molar refractivity (Wildman–Crippen MR) is 78.6 cm³/mol. The lowest BCUT2D eigenvalue weighted by Gasteiger charge is -2.02. The summed E-state index contributed by atoms with van der Waals surface area (Å²) in [6.07, 6.45) is 0. The second-order valence-electron chi connectivity index (χ2n) is 4.37. The summed E-state index contributed by atoms with van der Waals surface area (Å²) in [5.74, 6) is 0. The van der Waals surface area contributed by atoms with Crippen molar-refractivity contribution in [3.63, 3.8) is 0 Å². The smallest absolute Gasteiger partial charge is 0.223 e. The van der Waals surface area contributed by atoms with E-state index in [2.05, 4.69) is 15.9 Å². The van der Waals surface area contributed by atoms with Gasteiger partial charge >= 0.3 is 0 Å². The van der Waals surface area contributed by atoms with E-state index in [0.29, 0.717) is 15.6 Å². The van der Waals surface area contributed by atoms with Gasteiger partial charge in [-0.1, -0.05) is 24.3 Å². The number of nitrogens with zero attached hydrogens (tertiary/aromatic N) is 1. The first-order valence-corrected chi connectivity index (χ1v) is 6.67. The first kappa shape index (κ1) is 10.8. The van der Waals surface area contributed by atoms with E-state index in [0.717, 1.165) is 16.6 Å². The molecule has 19 heavy (non-hydrogen) atoms. The second-order valence-corrected chi connectivity index (χ2v) is 5.16. The first-order chi connectivity index (χ1) is 9.27. The number of hydrogen-bond acceptors (Lipinski definition) is 2. The van der Waals surface area contributed by atoms with E-state index in [1.165, 1.54) is 0 Å². The van der Waals surface area contributed by atoms with E-state index in [4.69, 9.17) is 4.42 Å². The van der Waals surface area contributed by atoms with Gasteiger partial charge in [-0.25, -0.2) is 0 Å². The van der Waals surface area contributed by atoms with E-state index in [9.17, 15) is 4.79 Å². The Morgan fingerprint density at radius 1 is 0.947 bits per heavy atom. The van der Waals surface area contributed by atoms with Crippen molar-refractivity contribution in [1.29, 1.82) is 0 Å². The SMILES string of the molecule is O=c1c(Br)c2oc3ccccc3n2c2ccccc12. The molecule has 2 aromatic heterocycles. The van der Waals surface area contributed by atoms with Crippen LogP contribution < -0.4 is 5.43 Å². The van der Waals surface area contributed by atoms with Crippen molar-refractivity contribution in [2.24, 2.45) is 0 Å². The summed E-state index contributed by atoms with van der Waals surface area (Å²) in [6.45, 7) is 0. The summed E-state index contributed by atoms with van der Waals surface area (Å²) in [4.78, 5) is 12.3. The highest BCUT2D eigenvalue weighted by molar-refractivity contribution is 9.10. The van der Waals surface area contributed by atoms with Gasteiger partial charge in [0.15, 0.2) is 5.58 Å². The molecular formula is C15H8BrNO2. The number of halogens is 1. The van der Waals surface area contributed by atoms with Gasteiger partial charge in [0.1, 0.15) is 4.47 Å². The maximum absolute atomic E-state index is 12.3. The van der Waals surface area contributed by atoms with Crippen LogP contribution in [-0.2, 0) is 0 Å². The normalized spacial score (nSPS) is 11.6. The molecule has 4 aromatic rings. The topological polar surface area (TPSA) is 34.6 Å². The minimum Gasteiger partial charge on any atom is -0.437 e. The number of para-hydroxylation sites is 3. The fourth-order valence-electron chi connectivity index (χ4n) is 2.45. The van der Waals surface area contributed by atoms with Crippen LogP contribution >= 0.6 is 15.9 Å². The van der Waals surface area contributed by atoms with Gasteiger partial charge in [0.05, 0.1) is 11.0 Å². The number of oxazole rings is 1. The van der Waals surface area contributed by atoms with E-state index >= 15 is 0 Å². The van der Waals surface area contributed by atoms with Crippen LogP contribution in [0.5, 0.6) is 0 Å². The average molecular weight is 314 g/mol. The summed E-state index contributed by atoms with van der Waals surface area (Å²) in [5, 5.41) is 0.679. The van der Waals surface area contributed by atoms with Crippen LogP contribution in [0.15, 0.2) is 62.2 Å². The van der Waals surface area contributed by atoms with Crippen molar-refractivity contribution >= 4 is 43.6 Å². The van der Waals surface area contributed by atoms with Gasteiger partial charge in [-0.05, 0) is 40.2 Å². The Bertz CT molecular complexity index is 997. The summed E-state index contributed by atoms with van der Waals surface area (Å²) in [6, 6.07) is 15.3. The van der Waals surface area contributed by atoms with Gasteiger partial charge in [-0.3, -0.25) is 9.20 Å². The molecule has 0 N–H and O–H groups in total. The largest absolute Gasteiger partial charge is 0.437 e. The Hall–Kier alpha value is -2.07. The zero-order valence-electron chi connectivity index (χ0n) is 9.76. The Balaban J connectivity index is 2.47. The zero-order chi connectivity index (χ0) is 13.0. The standard InChI is InChI=1S/C15H8BrNO2/c16-13-14(18)9-5-1-2-6-10(9)17-11-7-3-4-8-12(11)19-15(13)17/h1-8H. The lowest BCUT2D eigenvalue weighted by molar-refractivity contribution is 0.652. The second kappa shape index (κ2) is 3.71. The molecule has 4 heteroatoms. The van der Waals surface area contributed by atoms with Crippen LogP contribution in [0.4, 0.5) is 0 Å². The number of aromatic nitrogens is 1. The van der Waals surface area contributed by atoms with Crippen molar-refractivity contribution in [2.75, 3.05) is 0 Å². The Morgan fingerprint density at radius 2 is 1.63 bits per heavy atom. The molecule has 0 aliphatic rings. The molecule has 92 valence electrons. The first-order valence-electron chi connectivity index (χ1n) is 5.88. The Kier molecular flexibility index (Phi) is 2.11. The number of benzene rings is 2. The molecule has 2 aromatic carbocycles. The van der Waals surface area contributed by atoms with Gasteiger partial charge in [-0.2, -0.15) is 0 Å². The molecule has 0 fully saturated rings. The highest BCUT2D eigenvalue weighted by atomic mass is 79.9. The molecule has 2 heterocycles. The minimum atomic E-state index is -0.0466. The highest BCUT2D eigenvalue weighted by Crippen LogP contribution is 2.28. The molecular weight excluding hydrogens is 306 g/mol. The van der Waals surface area contributed by atoms with E-state index < -0.39 is 0 Å². The summed E-state index contributed by atoms with van der Waals surface area (Å²) < 4.78 is 8.22. The third kappa shape index (κ3) is 1.35. The molecule has 0 spiro atoms. The third-order valence-electron chi connectivity index (χ3n) is 3.29. The lowest BCUT2D eigenvalue weighted by atomic mass is 10.2. The molecule has 3 nitrogen and oxygen atoms in total. The van der Waals surface area contributed by atoms with E-state index in [1.807, 2.05) is 52.9 Å². The quantitative estimate of drug-likeness (QED) is 0.492. The number of hydrogen-bond donors (Lipinski definition) is 0. The number of pyridine rings is 1. The van der Waals surface area contributed by atoms with Gasteiger partial charge in [0.25, 0.3) is 0 Å². The molecule has 0 bridgehead atoms. The molecule has 0 aliphatic carbocycles. The third-order valence-corrected chi connectivity index (χ3v) is 3.99. The monoisotopic (exact) mass is 313 g/mol. The van der Waals surface area contributed by atoms with Gasteiger partial charge < -0.3 is 4.42 Å². The number of rotatable bonds is 0. The van der Waals surface area contributed by atoms with Crippen molar-refractivity contribution < 1.29 is 4.42 Å². The molecule has 0 atom stereocenters. The summed E-state index contributed by atoms with van der Waals surface area (Å²) in [5.41, 5.74) is 3.07. The molecule has 0 amide bonds. The zero-order valence-corrected chi connectivity index (χ0v) is 11.3.